The highest BCUT2D eigenvalue weighted by Gasteiger charge is 2.47. The average Bonchev–Trinajstić information content (AvgIpc) is 2.23. The van der Waals surface area contributed by atoms with Crippen LogP contribution < -0.4 is 0 Å². The smallest absolute Gasteiger partial charge is 0.410 e. The summed E-state index contributed by atoms with van der Waals surface area (Å²) in [6.45, 7) is 7.06. The number of likely N-dealkylation sites (tertiary alicyclic amines) is 1. The van der Waals surface area contributed by atoms with Crippen LogP contribution in [0, 0.1) is 0 Å². The summed E-state index contributed by atoms with van der Waals surface area (Å²) in [5.41, 5.74) is -0.535. The van der Waals surface area contributed by atoms with Crippen molar-refractivity contribution < 1.29 is 19.4 Å². The number of piperidine rings is 1. The van der Waals surface area contributed by atoms with Crippen molar-refractivity contribution in [3.05, 3.63) is 0 Å². The molecule has 2 fully saturated rings. The third-order valence-corrected chi connectivity index (χ3v) is 3.55. The van der Waals surface area contributed by atoms with Gasteiger partial charge in [-0.3, -0.25) is 0 Å². The molecule has 0 saturated carbocycles. The van der Waals surface area contributed by atoms with E-state index in [4.69, 9.17) is 14.6 Å². The summed E-state index contributed by atoms with van der Waals surface area (Å²) in [5, 5.41) is 8.96. The molecule has 1 N–H and O–H groups in total. The molecule has 2 heterocycles. The predicted octanol–water partition coefficient (Wildman–Crippen LogP) is 1.54. The summed E-state index contributed by atoms with van der Waals surface area (Å²) in [7, 11) is 0. The van der Waals surface area contributed by atoms with Gasteiger partial charge in [0.2, 0.25) is 0 Å². The second kappa shape index (κ2) is 4.70. The molecule has 5 heteroatoms. The highest BCUT2D eigenvalue weighted by Crippen LogP contribution is 2.41. The lowest BCUT2D eigenvalue weighted by atomic mass is 9.81. The van der Waals surface area contributed by atoms with E-state index in [-0.39, 0.29) is 24.4 Å². The Labute approximate surface area is 108 Å². The lowest BCUT2D eigenvalue weighted by Gasteiger charge is -2.51. The SMILES string of the molecule is CC(C)(C)OC(=O)N1CCC2(CC1)C[C@H](CO)O2. The number of ether oxygens (including phenoxy) is 2. The number of aliphatic hydroxyl groups excluding tert-OH is 1. The zero-order chi connectivity index (χ0) is 13.4. The molecule has 0 aliphatic carbocycles. The second-order valence-corrected chi connectivity index (χ2v) is 6.28. The van der Waals surface area contributed by atoms with Gasteiger partial charge in [-0.15, -0.1) is 0 Å². The van der Waals surface area contributed by atoms with Crippen LogP contribution in [0.5, 0.6) is 0 Å². The first-order valence-corrected chi connectivity index (χ1v) is 6.60. The number of carbonyl (C=O) groups is 1. The van der Waals surface area contributed by atoms with E-state index in [1.807, 2.05) is 20.8 Å². The molecular formula is C13H23NO4. The average molecular weight is 257 g/mol. The highest BCUT2D eigenvalue weighted by molar-refractivity contribution is 5.68. The number of carbonyl (C=O) groups excluding carboxylic acids is 1. The number of rotatable bonds is 1. The number of amides is 1. The minimum Gasteiger partial charge on any atom is -0.444 e. The summed E-state index contributed by atoms with van der Waals surface area (Å²) in [6.07, 6.45) is 2.34. The van der Waals surface area contributed by atoms with Gasteiger partial charge >= 0.3 is 6.09 Å². The normalized spacial score (nSPS) is 26.9. The van der Waals surface area contributed by atoms with Gasteiger partial charge < -0.3 is 19.5 Å². The quantitative estimate of drug-likeness (QED) is 0.774. The Balaban J connectivity index is 1.79. The van der Waals surface area contributed by atoms with E-state index in [0.29, 0.717) is 13.1 Å². The first-order valence-electron chi connectivity index (χ1n) is 6.60. The largest absolute Gasteiger partial charge is 0.444 e. The van der Waals surface area contributed by atoms with Crippen molar-refractivity contribution in [2.75, 3.05) is 19.7 Å². The van der Waals surface area contributed by atoms with Crippen LogP contribution in [0.25, 0.3) is 0 Å². The third-order valence-electron chi connectivity index (χ3n) is 3.55. The van der Waals surface area contributed by atoms with E-state index in [1.165, 1.54) is 0 Å². The van der Waals surface area contributed by atoms with E-state index in [9.17, 15) is 4.79 Å². The number of hydrogen-bond acceptors (Lipinski definition) is 4. The van der Waals surface area contributed by atoms with Gasteiger partial charge in [0, 0.05) is 19.5 Å². The van der Waals surface area contributed by atoms with Crippen LogP contribution in [0.3, 0.4) is 0 Å². The van der Waals surface area contributed by atoms with Crippen LogP contribution in [-0.4, -0.2) is 53.1 Å². The van der Waals surface area contributed by atoms with Gasteiger partial charge in [-0.2, -0.15) is 0 Å². The maximum atomic E-state index is 11.9. The minimum atomic E-state index is -0.443. The van der Waals surface area contributed by atoms with Gasteiger partial charge in [0.1, 0.15) is 5.60 Å². The minimum absolute atomic E-state index is 0.00178. The van der Waals surface area contributed by atoms with Gasteiger partial charge in [-0.25, -0.2) is 4.79 Å². The number of hydrogen-bond donors (Lipinski definition) is 1. The Morgan fingerprint density at radius 1 is 1.44 bits per heavy atom. The Morgan fingerprint density at radius 3 is 2.44 bits per heavy atom. The first-order chi connectivity index (χ1) is 8.34. The molecule has 0 aromatic heterocycles. The monoisotopic (exact) mass is 257 g/mol. The van der Waals surface area contributed by atoms with Gasteiger partial charge in [0.25, 0.3) is 0 Å². The van der Waals surface area contributed by atoms with Crippen LogP contribution in [0.2, 0.25) is 0 Å². The molecule has 1 amide bonds. The molecule has 2 aliphatic rings. The van der Waals surface area contributed by atoms with Gasteiger partial charge in [0.15, 0.2) is 0 Å². The van der Waals surface area contributed by atoms with Crippen molar-refractivity contribution in [2.45, 2.75) is 57.3 Å². The van der Waals surface area contributed by atoms with Crippen LogP contribution in [-0.2, 0) is 9.47 Å². The van der Waals surface area contributed by atoms with E-state index >= 15 is 0 Å². The van der Waals surface area contributed by atoms with Crippen LogP contribution in [0.1, 0.15) is 40.0 Å². The van der Waals surface area contributed by atoms with Crippen LogP contribution in [0.4, 0.5) is 4.79 Å². The molecule has 0 aromatic carbocycles. The zero-order valence-electron chi connectivity index (χ0n) is 11.4. The van der Waals surface area contributed by atoms with Crippen molar-refractivity contribution in [1.82, 2.24) is 4.90 Å². The fraction of sp³-hybridized carbons (Fsp3) is 0.923. The summed E-state index contributed by atoms with van der Waals surface area (Å²) in [5.74, 6) is 0. The third kappa shape index (κ3) is 2.95. The molecule has 2 saturated heterocycles. The first kappa shape index (κ1) is 13.6. The molecule has 1 spiro atoms. The Bertz CT molecular complexity index is 307. The maximum Gasteiger partial charge on any atom is 0.410 e. The van der Waals surface area contributed by atoms with Crippen molar-refractivity contribution in [2.24, 2.45) is 0 Å². The molecular weight excluding hydrogens is 234 g/mol. The molecule has 5 nitrogen and oxygen atoms in total. The van der Waals surface area contributed by atoms with Crippen LogP contribution >= 0.6 is 0 Å². The highest BCUT2D eigenvalue weighted by atomic mass is 16.6. The standard InChI is InChI=1S/C13H23NO4/c1-12(2,3)18-11(16)14-6-4-13(5-7-14)8-10(9-15)17-13/h10,15H,4-9H2,1-3H3/t10-/m1/s1. The zero-order valence-corrected chi connectivity index (χ0v) is 11.4. The summed E-state index contributed by atoms with van der Waals surface area (Å²) < 4.78 is 11.1. The Morgan fingerprint density at radius 2 is 2.00 bits per heavy atom. The summed E-state index contributed by atoms with van der Waals surface area (Å²) >= 11 is 0. The molecule has 2 rings (SSSR count). The molecule has 0 radical (unpaired) electrons. The molecule has 104 valence electrons. The Hall–Kier alpha value is -0.810. The van der Waals surface area contributed by atoms with E-state index in [0.717, 1.165) is 19.3 Å². The second-order valence-electron chi connectivity index (χ2n) is 6.28. The van der Waals surface area contributed by atoms with Gasteiger partial charge in [0.05, 0.1) is 18.3 Å². The topological polar surface area (TPSA) is 59.0 Å². The molecule has 1 atom stereocenters. The molecule has 2 aliphatic heterocycles. The maximum absolute atomic E-state index is 11.9. The van der Waals surface area contributed by atoms with Crippen LogP contribution in [0.15, 0.2) is 0 Å². The fourth-order valence-electron chi connectivity index (χ4n) is 2.61. The predicted molar refractivity (Wildman–Crippen MR) is 66.3 cm³/mol. The van der Waals surface area contributed by atoms with Crippen molar-refractivity contribution in [1.29, 1.82) is 0 Å². The number of aliphatic hydroxyl groups is 1. The van der Waals surface area contributed by atoms with E-state index < -0.39 is 5.60 Å². The summed E-state index contributed by atoms with van der Waals surface area (Å²) in [4.78, 5) is 13.6. The van der Waals surface area contributed by atoms with Gasteiger partial charge in [-0.1, -0.05) is 0 Å². The van der Waals surface area contributed by atoms with E-state index in [2.05, 4.69) is 0 Å². The number of nitrogens with zero attached hydrogens (tertiary/aromatic N) is 1. The lowest BCUT2D eigenvalue weighted by Crippen LogP contribution is -2.58. The van der Waals surface area contributed by atoms with Gasteiger partial charge in [-0.05, 0) is 33.6 Å². The molecule has 0 aromatic rings. The fourth-order valence-corrected chi connectivity index (χ4v) is 2.61. The lowest BCUT2D eigenvalue weighted by molar-refractivity contribution is -0.233. The Kier molecular flexibility index (Phi) is 3.56. The van der Waals surface area contributed by atoms with Crippen molar-refractivity contribution in [3.8, 4) is 0 Å². The van der Waals surface area contributed by atoms with E-state index in [1.54, 1.807) is 4.90 Å². The molecule has 0 unspecified atom stereocenters. The summed E-state index contributed by atoms with van der Waals surface area (Å²) in [6, 6.07) is 0. The molecule has 18 heavy (non-hydrogen) atoms. The molecule has 0 bridgehead atoms. The van der Waals surface area contributed by atoms with Crippen molar-refractivity contribution in [3.63, 3.8) is 0 Å². The van der Waals surface area contributed by atoms with Crippen molar-refractivity contribution >= 4 is 6.09 Å².